The Labute approximate surface area is 108 Å². The molecule has 2 aromatic carbocycles. The van der Waals surface area contributed by atoms with Gasteiger partial charge in [0.1, 0.15) is 0 Å². The van der Waals surface area contributed by atoms with Gasteiger partial charge >= 0.3 is 0 Å². The van der Waals surface area contributed by atoms with Crippen molar-refractivity contribution >= 4 is 27.5 Å². The number of benzene rings is 2. The van der Waals surface area contributed by atoms with Gasteiger partial charge in [-0.3, -0.25) is 4.79 Å². The summed E-state index contributed by atoms with van der Waals surface area (Å²) in [5.41, 5.74) is 2.98. The summed E-state index contributed by atoms with van der Waals surface area (Å²) >= 11 is 3.41. The average Bonchev–Trinajstić information content (AvgIpc) is 2.65. The van der Waals surface area contributed by atoms with Crippen LogP contribution in [-0.2, 0) is 4.79 Å². The minimum Gasteiger partial charge on any atom is -0.325 e. The van der Waals surface area contributed by atoms with E-state index in [1.54, 1.807) is 0 Å². The van der Waals surface area contributed by atoms with Gasteiger partial charge in [0.15, 0.2) is 0 Å². The van der Waals surface area contributed by atoms with Crippen LogP contribution in [0.15, 0.2) is 53.0 Å². The molecule has 2 nitrogen and oxygen atoms in total. The second kappa shape index (κ2) is 4.00. The Bertz CT molecular complexity index is 580. The predicted octanol–water partition coefficient (Wildman–Crippen LogP) is 3.53. The third-order valence-electron chi connectivity index (χ3n) is 2.98. The number of halogens is 1. The van der Waals surface area contributed by atoms with Crippen molar-refractivity contribution in [2.24, 2.45) is 0 Å². The highest BCUT2D eigenvalue weighted by Gasteiger charge is 2.31. The standard InChI is InChI=1S/C14H10BrNO/c15-10-6-7-11-12(8-10)16-14(17)13(11)9-4-2-1-3-5-9/h1-8,13H,(H,16,17). The van der Waals surface area contributed by atoms with E-state index in [0.29, 0.717) is 0 Å². The molecule has 1 aliphatic rings. The predicted molar refractivity (Wildman–Crippen MR) is 71.1 cm³/mol. The fraction of sp³-hybridized carbons (Fsp3) is 0.0714. The Balaban J connectivity index is 2.12. The number of hydrogen-bond donors (Lipinski definition) is 1. The van der Waals surface area contributed by atoms with Crippen molar-refractivity contribution in [2.45, 2.75) is 5.92 Å². The zero-order valence-corrected chi connectivity index (χ0v) is 10.6. The molecule has 0 aromatic heterocycles. The van der Waals surface area contributed by atoms with Crippen molar-refractivity contribution in [1.82, 2.24) is 0 Å². The van der Waals surface area contributed by atoms with Crippen molar-refractivity contribution in [2.75, 3.05) is 5.32 Å². The van der Waals surface area contributed by atoms with Crippen LogP contribution in [0.5, 0.6) is 0 Å². The van der Waals surface area contributed by atoms with Gasteiger partial charge in [-0.2, -0.15) is 0 Å². The number of anilines is 1. The van der Waals surface area contributed by atoms with Crippen LogP contribution in [-0.4, -0.2) is 5.91 Å². The first kappa shape index (κ1) is 10.5. The molecule has 2 aromatic rings. The normalized spacial score (nSPS) is 17.7. The lowest BCUT2D eigenvalue weighted by molar-refractivity contribution is -0.116. The minimum absolute atomic E-state index is 0.0456. The van der Waals surface area contributed by atoms with E-state index in [0.717, 1.165) is 21.3 Å². The summed E-state index contributed by atoms with van der Waals surface area (Å²) in [6.45, 7) is 0. The topological polar surface area (TPSA) is 29.1 Å². The number of nitrogens with one attached hydrogen (secondary N) is 1. The summed E-state index contributed by atoms with van der Waals surface area (Å²) in [4.78, 5) is 12.0. The molecule has 0 saturated heterocycles. The Hall–Kier alpha value is -1.61. The Morgan fingerprint density at radius 1 is 1.06 bits per heavy atom. The van der Waals surface area contributed by atoms with Crippen LogP contribution < -0.4 is 5.32 Å². The van der Waals surface area contributed by atoms with Crippen molar-refractivity contribution in [3.8, 4) is 0 Å². The average molecular weight is 288 g/mol. The molecule has 1 unspecified atom stereocenters. The summed E-state index contributed by atoms with van der Waals surface area (Å²) in [5, 5.41) is 2.92. The highest BCUT2D eigenvalue weighted by atomic mass is 79.9. The van der Waals surface area contributed by atoms with Gasteiger partial charge in [0.2, 0.25) is 5.91 Å². The lowest BCUT2D eigenvalue weighted by Gasteiger charge is -2.08. The first-order valence-electron chi connectivity index (χ1n) is 5.41. The van der Waals surface area contributed by atoms with E-state index < -0.39 is 0 Å². The van der Waals surface area contributed by atoms with E-state index in [1.807, 2.05) is 48.5 Å². The molecule has 1 aliphatic heterocycles. The van der Waals surface area contributed by atoms with Gasteiger partial charge in [-0.05, 0) is 23.3 Å². The van der Waals surface area contributed by atoms with Crippen molar-refractivity contribution in [1.29, 1.82) is 0 Å². The van der Waals surface area contributed by atoms with Gasteiger partial charge in [-0.25, -0.2) is 0 Å². The molecule has 0 bridgehead atoms. The molecule has 1 atom stereocenters. The highest BCUT2D eigenvalue weighted by molar-refractivity contribution is 9.10. The van der Waals surface area contributed by atoms with E-state index in [4.69, 9.17) is 0 Å². The van der Waals surface area contributed by atoms with Gasteiger partial charge in [0.05, 0.1) is 5.92 Å². The Kier molecular flexibility index (Phi) is 2.48. The van der Waals surface area contributed by atoms with Gasteiger partial charge < -0.3 is 5.32 Å². The van der Waals surface area contributed by atoms with Gasteiger partial charge in [0, 0.05) is 10.2 Å². The summed E-state index contributed by atoms with van der Waals surface area (Å²) in [6.07, 6.45) is 0. The first-order chi connectivity index (χ1) is 8.25. The summed E-state index contributed by atoms with van der Waals surface area (Å²) in [5.74, 6) is -0.136. The van der Waals surface area contributed by atoms with Gasteiger partial charge in [-0.15, -0.1) is 0 Å². The molecule has 1 heterocycles. The third kappa shape index (κ3) is 1.76. The zero-order chi connectivity index (χ0) is 11.8. The van der Waals surface area contributed by atoms with E-state index in [1.165, 1.54) is 0 Å². The van der Waals surface area contributed by atoms with E-state index in [9.17, 15) is 4.79 Å². The molecule has 0 radical (unpaired) electrons. The number of carbonyl (C=O) groups excluding carboxylic acids is 1. The van der Waals surface area contributed by atoms with Crippen LogP contribution in [0.1, 0.15) is 17.0 Å². The zero-order valence-electron chi connectivity index (χ0n) is 8.98. The molecule has 17 heavy (non-hydrogen) atoms. The van der Waals surface area contributed by atoms with E-state index >= 15 is 0 Å². The highest BCUT2D eigenvalue weighted by Crippen LogP contribution is 2.38. The third-order valence-corrected chi connectivity index (χ3v) is 3.47. The maximum atomic E-state index is 12.0. The van der Waals surface area contributed by atoms with E-state index in [-0.39, 0.29) is 11.8 Å². The van der Waals surface area contributed by atoms with Crippen LogP contribution in [0.3, 0.4) is 0 Å². The van der Waals surface area contributed by atoms with E-state index in [2.05, 4.69) is 21.2 Å². The monoisotopic (exact) mass is 287 g/mol. The largest absolute Gasteiger partial charge is 0.325 e. The molecule has 0 aliphatic carbocycles. The molecular formula is C14H10BrNO. The molecule has 3 rings (SSSR count). The SMILES string of the molecule is O=C1Nc2cc(Br)ccc2C1c1ccccc1. The fourth-order valence-corrected chi connectivity index (χ4v) is 2.57. The van der Waals surface area contributed by atoms with Crippen LogP contribution in [0, 0.1) is 0 Å². The van der Waals surface area contributed by atoms with Gasteiger partial charge in [0.25, 0.3) is 0 Å². The molecule has 0 fully saturated rings. The number of fused-ring (bicyclic) bond motifs is 1. The maximum Gasteiger partial charge on any atom is 0.236 e. The second-order valence-electron chi connectivity index (χ2n) is 4.06. The lowest BCUT2D eigenvalue weighted by Crippen LogP contribution is -2.12. The Morgan fingerprint density at radius 3 is 2.59 bits per heavy atom. The van der Waals surface area contributed by atoms with Crippen LogP contribution in [0.4, 0.5) is 5.69 Å². The number of hydrogen-bond acceptors (Lipinski definition) is 1. The number of amides is 1. The summed E-state index contributed by atoms with van der Waals surface area (Å²) in [6, 6.07) is 15.8. The van der Waals surface area contributed by atoms with Crippen LogP contribution in [0.2, 0.25) is 0 Å². The summed E-state index contributed by atoms with van der Waals surface area (Å²) < 4.78 is 0.977. The summed E-state index contributed by atoms with van der Waals surface area (Å²) in [7, 11) is 0. The molecule has 0 spiro atoms. The molecule has 1 N–H and O–H groups in total. The lowest BCUT2D eigenvalue weighted by atomic mass is 9.93. The van der Waals surface area contributed by atoms with Crippen molar-refractivity contribution in [3.63, 3.8) is 0 Å². The molecule has 84 valence electrons. The maximum absolute atomic E-state index is 12.0. The van der Waals surface area contributed by atoms with Crippen molar-refractivity contribution < 1.29 is 4.79 Å². The molecular weight excluding hydrogens is 278 g/mol. The number of carbonyl (C=O) groups is 1. The molecule has 3 heteroatoms. The second-order valence-corrected chi connectivity index (χ2v) is 4.98. The Morgan fingerprint density at radius 2 is 1.82 bits per heavy atom. The van der Waals surface area contributed by atoms with Crippen LogP contribution >= 0.6 is 15.9 Å². The smallest absolute Gasteiger partial charge is 0.236 e. The molecule has 0 saturated carbocycles. The molecule has 1 amide bonds. The first-order valence-corrected chi connectivity index (χ1v) is 6.20. The minimum atomic E-state index is -0.181. The van der Waals surface area contributed by atoms with Crippen molar-refractivity contribution in [3.05, 3.63) is 64.1 Å². The van der Waals surface area contributed by atoms with Gasteiger partial charge in [-0.1, -0.05) is 52.3 Å². The quantitative estimate of drug-likeness (QED) is 0.854. The number of rotatable bonds is 1. The van der Waals surface area contributed by atoms with Crippen LogP contribution in [0.25, 0.3) is 0 Å². The fourth-order valence-electron chi connectivity index (χ4n) is 2.21.